The van der Waals surface area contributed by atoms with Gasteiger partial charge in [-0.3, -0.25) is 24.1 Å². The normalized spacial score (nSPS) is 24.6. The third kappa shape index (κ3) is 4.81. The van der Waals surface area contributed by atoms with E-state index in [0.29, 0.717) is 16.7 Å². The van der Waals surface area contributed by atoms with Crippen molar-refractivity contribution in [1.29, 1.82) is 0 Å². The lowest BCUT2D eigenvalue weighted by molar-refractivity contribution is -0.148. The van der Waals surface area contributed by atoms with Crippen molar-refractivity contribution in [3.8, 4) is 16.9 Å². The standard InChI is InChI=1S/C32H34N4O10/c1-36(2)24-18-11-15-10-17-16(13-5-4-6-14(9-13)30(43)35-19(12-33)31(44)46-3)7-8-20(37)22(17)25(38)21(15)27(40)32(18,45)28(41)23(26(24)39)29(34)42/h4-9,15,18-19,24,37,39-40,45H,10-12,33H2,1-3H3,(H2,34,42)(H,35,43). The topological polar surface area (TPSA) is 243 Å². The Morgan fingerprint density at radius 2 is 1.83 bits per heavy atom. The Balaban J connectivity index is 1.61. The van der Waals surface area contributed by atoms with Crippen LogP contribution in [0.5, 0.6) is 5.75 Å². The van der Waals surface area contributed by atoms with Crippen molar-refractivity contribution in [3.63, 3.8) is 0 Å². The number of fused-ring (bicyclic) bond motifs is 3. The highest BCUT2D eigenvalue weighted by atomic mass is 16.5. The zero-order chi connectivity index (χ0) is 33.8. The fraction of sp³-hybridized carbons (Fsp3) is 0.344. The lowest BCUT2D eigenvalue weighted by Crippen LogP contribution is -2.63. The van der Waals surface area contributed by atoms with Gasteiger partial charge in [-0.1, -0.05) is 18.2 Å². The quantitative estimate of drug-likeness (QED) is 0.157. The number of nitrogens with one attached hydrogen (secondary N) is 1. The average Bonchev–Trinajstić information content (AvgIpc) is 3.01. The van der Waals surface area contributed by atoms with Gasteiger partial charge in [0.05, 0.1) is 18.7 Å². The number of ether oxygens (including phenoxy) is 1. The summed E-state index contributed by atoms with van der Waals surface area (Å²) in [6, 6.07) is 7.00. The number of benzene rings is 2. The number of carbonyl (C=O) groups is 5. The van der Waals surface area contributed by atoms with Crippen LogP contribution < -0.4 is 16.8 Å². The van der Waals surface area contributed by atoms with E-state index in [4.69, 9.17) is 11.5 Å². The number of ketones is 2. The van der Waals surface area contributed by atoms with Gasteiger partial charge < -0.3 is 41.9 Å². The number of phenols is 1. The van der Waals surface area contributed by atoms with Crippen molar-refractivity contribution in [2.45, 2.75) is 30.5 Å². The van der Waals surface area contributed by atoms with E-state index >= 15 is 0 Å². The van der Waals surface area contributed by atoms with Crippen molar-refractivity contribution in [1.82, 2.24) is 10.2 Å². The van der Waals surface area contributed by atoms with Gasteiger partial charge in [0, 0.05) is 23.6 Å². The summed E-state index contributed by atoms with van der Waals surface area (Å²) in [6.07, 6.45) is -0.0103. The van der Waals surface area contributed by atoms with Crippen molar-refractivity contribution < 1.29 is 49.1 Å². The molecule has 2 aromatic rings. The van der Waals surface area contributed by atoms with Crippen LogP contribution in [0.15, 0.2) is 59.1 Å². The van der Waals surface area contributed by atoms with Crippen LogP contribution in [0, 0.1) is 11.8 Å². The molecule has 2 amide bonds. The van der Waals surface area contributed by atoms with Gasteiger partial charge in [-0.25, -0.2) is 4.79 Å². The Labute approximate surface area is 262 Å². The number of hydrogen-bond acceptors (Lipinski definition) is 12. The Morgan fingerprint density at radius 3 is 2.43 bits per heavy atom. The smallest absolute Gasteiger partial charge is 0.329 e. The van der Waals surface area contributed by atoms with Crippen LogP contribution >= 0.6 is 0 Å². The van der Waals surface area contributed by atoms with Gasteiger partial charge in [0.15, 0.2) is 11.4 Å². The van der Waals surface area contributed by atoms with Gasteiger partial charge >= 0.3 is 5.97 Å². The summed E-state index contributed by atoms with van der Waals surface area (Å²) < 4.78 is 4.67. The van der Waals surface area contributed by atoms with E-state index in [0.717, 1.165) is 0 Å². The second kappa shape index (κ2) is 11.7. The van der Waals surface area contributed by atoms with E-state index in [1.165, 1.54) is 30.2 Å². The molecule has 0 bridgehead atoms. The number of rotatable bonds is 7. The van der Waals surface area contributed by atoms with Crippen LogP contribution in [0.4, 0.5) is 0 Å². The molecule has 0 heterocycles. The van der Waals surface area contributed by atoms with Gasteiger partial charge in [-0.2, -0.15) is 0 Å². The number of aromatic hydroxyl groups is 1. The molecule has 5 rings (SSSR count). The number of amides is 2. The number of aliphatic hydroxyl groups is 3. The second-order valence-electron chi connectivity index (χ2n) is 11.8. The van der Waals surface area contributed by atoms with Crippen LogP contribution in [0.1, 0.15) is 32.7 Å². The van der Waals surface area contributed by atoms with E-state index < -0.39 is 81.7 Å². The van der Waals surface area contributed by atoms with E-state index in [2.05, 4.69) is 10.1 Å². The summed E-state index contributed by atoms with van der Waals surface area (Å²) in [4.78, 5) is 66.1. The monoisotopic (exact) mass is 634 g/mol. The molecule has 0 saturated carbocycles. The Kier molecular flexibility index (Phi) is 8.23. The first-order chi connectivity index (χ1) is 21.7. The summed E-state index contributed by atoms with van der Waals surface area (Å²) in [7, 11) is 4.27. The Morgan fingerprint density at radius 1 is 1.13 bits per heavy atom. The fourth-order valence-corrected chi connectivity index (χ4v) is 6.95. The number of likely N-dealkylation sites (N-methyl/N-ethyl adjacent to an activating group) is 1. The highest BCUT2D eigenvalue weighted by molar-refractivity contribution is 6.25. The number of aliphatic hydroxyl groups excluding tert-OH is 2. The molecule has 242 valence electrons. The molecule has 3 aliphatic carbocycles. The van der Waals surface area contributed by atoms with Gasteiger partial charge in [-0.15, -0.1) is 0 Å². The number of allylic oxidation sites excluding steroid dienone is 1. The highest BCUT2D eigenvalue weighted by Gasteiger charge is 2.63. The number of phenolic OH excluding ortho intramolecular Hbond substituents is 1. The molecule has 46 heavy (non-hydrogen) atoms. The Bertz CT molecular complexity index is 1760. The van der Waals surface area contributed by atoms with Crippen molar-refractivity contribution >= 4 is 29.4 Å². The number of nitrogens with two attached hydrogens (primary N) is 2. The van der Waals surface area contributed by atoms with Gasteiger partial charge in [0.1, 0.15) is 28.9 Å². The molecule has 9 N–H and O–H groups in total. The molecule has 0 aliphatic heterocycles. The van der Waals surface area contributed by atoms with Gasteiger partial charge in [0.2, 0.25) is 5.78 Å². The number of primary amides is 1. The minimum atomic E-state index is -2.75. The molecule has 0 saturated heterocycles. The van der Waals surface area contributed by atoms with Crippen LogP contribution in [0.2, 0.25) is 0 Å². The lowest BCUT2D eigenvalue weighted by Gasteiger charge is -2.50. The lowest BCUT2D eigenvalue weighted by atomic mass is 9.58. The molecular weight excluding hydrogens is 600 g/mol. The van der Waals surface area contributed by atoms with Crippen LogP contribution in [-0.4, -0.2) is 100 Å². The predicted molar refractivity (Wildman–Crippen MR) is 161 cm³/mol. The van der Waals surface area contributed by atoms with Crippen LogP contribution in [-0.2, 0) is 25.5 Å². The first-order valence-electron chi connectivity index (χ1n) is 14.4. The van der Waals surface area contributed by atoms with Gasteiger partial charge in [0.25, 0.3) is 11.8 Å². The number of esters is 1. The van der Waals surface area contributed by atoms with Crippen LogP contribution in [0.25, 0.3) is 11.1 Å². The number of methoxy groups -OCH3 is 1. The van der Waals surface area contributed by atoms with E-state index in [1.54, 1.807) is 32.3 Å². The number of hydrogen-bond donors (Lipinski definition) is 7. The van der Waals surface area contributed by atoms with Crippen molar-refractivity contribution in [3.05, 3.63) is 75.8 Å². The molecular formula is C32H34N4O10. The minimum Gasteiger partial charge on any atom is -0.510 e. The summed E-state index contributed by atoms with van der Waals surface area (Å²) in [5.41, 5.74) is 8.46. The van der Waals surface area contributed by atoms with Crippen molar-refractivity contribution in [2.24, 2.45) is 23.3 Å². The van der Waals surface area contributed by atoms with E-state index in [1.807, 2.05) is 0 Å². The molecule has 0 spiro atoms. The first-order valence-corrected chi connectivity index (χ1v) is 14.4. The zero-order valence-electron chi connectivity index (χ0n) is 25.2. The maximum Gasteiger partial charge on any atom is 0.329 e. The molecule has 0 aromatic heterocycles. The molecule has 0 radical (unpaired) electrons. The second-order valence-corrected chi connectivity index (χ2v) is 11.8. The highest BCUT2D eigenvalue weighted by Crippen LogP contribution is 2.53. The zero-order valence-corrected chi connectivity index (χ0v) is 25.2. The molecule has 14 nitrogen and oxygen atoms in total. The number of carbonyl (C=O) groups excluding carboxylic acids is 5. The SMILES string of the molecule is COC(=O)C(CN)NC(=O)c1cccc(-c2ccc(O)c3c2CC2CC4C(N(C)C)C(O)=C(C(N)=O)C(=O)C4(O)C(O)=C2C3=O)c1. The molecule has 2 aromatic carbocycles. The maximum absolute atomic E-state index is 14.0. The number of Topliss-reactive ketones (excluding diaryl/α,β-unsaturated/α-hetero) is 2. The predicted octanol–water partition coefficient (Wildman–Crippen LogP) is 0.0177. The maximum atomic E-state index is 14.0. The number of nitrogens with zero attached hydrogens (tertiary/aromatic N) is 1. The van der Waals surface area contributed by atoms with Crippen LogP contribution in [0.3, 0.4) is 0 Å². The summed E-state index contributed by atoms with van der Waals surface area (Å²) in [5.74, 6) is -8.75. The summed E-state index contributed by atoms with van der Waals surface area (Å²) >= 11 is 0. The summed E-state index contributed by atoms with van der Waals surface area (Å²) in [6.45, 7) is -0.191. The summed E-state index contributed by atoms with van der Waals surface area (Å²) in [5, 5.41) is 47.6. The van der Waals surface area contributed by atoms with Crippen molar-refractivity contribution in [2.75, 3.05) is 27.7 Å². The van der Waals surface area contributed by atoms with Gasteiger partial charge in [-0.05, 0) is 67.7 Å². The largest absolute Gasteiger partial charge is 0.510 e. The molecule has 0 fully saturated rings. The fourth-order valence-electron chi connectivity index (χ4n) is 6.95. The molecule has 5 atom stereocenters. The first kappa shape index (κ1) is 32.3. The average molecular weight is 635 g/mol. The van der Waals surface area contributed by atoms with E-state index in [-0.39, 0.29) is 36.1 Å². The molecule has 14 heteroatoms. The Hall–Kier alpha value is -5.05. The molecule has 5 unspecified atom stereocenters. The third-order valence-electron chi connectivity index (χ3n) is 9.07. The van der Waals surface area contributed by atoms with E-state index in [9.17, 15) is 44.4 Å². The molecule has 3 aliphatic rings. The third-order valence-corrected chi connectivity index (χ3v) is 9.07. The minimum absolute atomic E-state index is 0.0618.